The van der Waals surface area contributed by atoms with Crippen molar-refractivity contribution in [1.29, 1.82) is 5.26 Å². The first-order valence-electron chi connectivity index (χ1n) is 5.66. The fraction of sp³-hybridized carbons (Fsp3) is 0.231. The van der Waals surface area contributed by atoms with Crippen molar-refractivity contribution in [2.45, 2.75) is 20.0 Å². The molecule has 0 bridgehead atoms. The zero-order valence-electron chi connectivity index (χ0n) is 10.0. The number of hydrogen-bond acceptors (Lipinski definition) is 4. The Morgan fingerprint density at radius 3 is 2.89 bits per heavy atom. The van der Waals surface area contributed by atoms with Crippen molar-refractivity contribution in [3.05, 3.63) is 52.3 Å². The molecule has 0 aromatic carbocycles. The average Bonchev–Trinajstić information content (AvgIpc) is 2.86. The Kier molecular flexibility index (Phi) is 3.49. The van der Waals surface area contributed by atoms with Gasteiger partial charge in [0.25, 0.3) is 5.56 Å². The summed E-state index contributed by atoms with van der Waals surface area (Å²) in [6, 6.07) is 8.56. The van der Waals surface area contributed by atoms with E-state index in [1.807, 2.05) is 13.0 Å². The number of rotatable bonds is 4. The first kappa shape index (κ1) is 12.0. The second-order valence-corrected chi connectivity index (χ2v) is 3.77. The second kappa shape index (κ2) is 5.23. The molecule has 5 nitrogen and oxygen atoms in total. The van der Waals surface area contributed by atoms with Crippen LogP contribution in [0.1, 0.15) is 18.4 Å². The summed E-state index contributed by atoms with van der Waals surface area (Å²) in [6.07, 6.45) is 1.76. The van der Waals surface area contributed by atoms with E-state index in [1.165, 1.54) is 6.07 Å². The third-order valence-electron chi connectivity index (χ3n) is 2.56. The van der Waals surface area contributed by atoms with Gasteiger partial charge in [0.2, 0.25) is 5.76 Å². The third-order valence-corrected chi connectivity index (χ3v) is 2.56. The molecule has 2 aromatic heterocycles. The maximum Gasteiger partial charge on any atom is 0.250 e. The van der Waals surface area contributed by atoms with Crippen LogP contribution in [0.25, 0.3) is 0 Å². The van der Waals surface area contributed by atoms with Crippen molar-refractivity contribution >= 4 is 5.69 Å². The number of nitrogens with zero attached hydrogens (tertiary/aromatic N) is 2. The van der Waals surface area contributed by atoms with Crippen LogP contribution in [0.2, 0.25) is 0 Å². The highest BCUT2D eigenvalue weighted by Crippen LogP contribution is 2.10. The van der Waals surface area contributed by atoms with Gasteiger partial charge in [-0.25, -0.2) is 0 Å². The SMILES string of the molecule is CCn1cc(NCc2ccc(C#N)o2)ccc1=O. The zero-order chi connectivity index (χ0) is 13.0. The minimum atomic E-state index is -0.0205. The van der Waals surface area contributed by atoms with Crippen LogP contribution in [0.3, 0.4) is 0 Å². The third kappa shape index (κ3) is 2.61. The fourth-order valence-corrected chi connectivity index (χ4v) is 1.61. The highest BCUT2D eigenvalue weighted by atomic mass is 16.3. The van der Waals surface area contributed by atoms with Gasteiger partial charge in [-0.2, -0.15) is 5.26 Å². The first-order chi connectivity index (χ1) is 8.72. The van der Waals surface area contributed by atoms with E-state index < -0.39 is 0 Å². The maximum absolute atomic E-state index is 11.4. The number of hydrogen-bond donors (Lipinski definition) is 1. The lowest BCUT2D eigenvalue weighted by molar-refractivity contribution is 0.506. The van der Waals surface area contributed by atoms with Crippen molar-refractivity contribution in [3.8, 4) is 6.07 Å². The summed E-state index contributed by atoms with van der Waals surface area (Å²) in [6.45, 7) is 3.02. The number of furan rings is 1. The van der Waals surface area contributed by atoms with E-state index in [0.29, 0.717) is 24.6 Å². The van der Waals surface area contributed by atoms with Crippen molar-refractivity contribution < 1.29 is 4.42 Å². The summed E-state index contributed by atoms with van der Waals surface area (Å²) >= 11 is 0. The molecule has 0 saturated carbocycles. The number of aromatic nitrogens is 1. The number of pyridine rings is 1. The predicted molar refractivity (Wildman–Crippen MR) is 67.1 cm³/mol. The molecule has 0 aliphatic rings. The van der Waals surface area contributed by atoms with Gasteiger partial charge < -0.3 is 14.3 Å². The number of anilines is 1. The van der Waals surface area contributed by atoms with Crippen molar-refractivity contribution in [3.63, 3.8) is 0 Å². The number of aryl methyl sites for hydroxylation is 1. The standard InChI is InChI=1S/C13H13N3O2/c1-2-16-9-10(3-6-13(16)17)15-8-12-5-4-11(7-14)18-12/h3-6,9,15H,2,8H2,1H3. The van der Waals surface area contributed by atoms with E-state index in [4.69, 9.17) is 9.68 Å². The van der Waals surface area contributed by atoms with Crippen LogP contribution in [0.15, 0.2) is 39.7 Å². The lowest BCUT2D eigenvalue weighted by Gasteiger charge is -2.07. The van der Waals surface area contributed by atoms with Gasteiger partial charge in [-0.05, 0) is 25.1 Å². The van der Waals surface area contributed by atoms with Crippen LogP contribution in [-0.4, -0.2) is 4.57 Å². The van der Waals surface area contributed by atoms with Gasteiger partial charge in [0.05, 0.1) is 12.2 Å². The largest absolute Gasteiger partial charge is 0.449 e. The summed E-state index contributed by atoms with van der Waals surface area (Å²) in [7, 11) is 0. The van der Waals surface area contributed by atoms with E-state index in [0.717, 1.165) is 5.69 Å². The lowest BCUT2D eigenvalue weighted by atomic mass is 10.3. The molecular weight excluding hydrogens is 230 g/mol. The van der Waals surface area contributed by atoms with Gasteiger partial charge >= 0.3 is 0 Å². The van der Waals surface area contributed by atoms with Crippen LogP contribution in [0, 0.1) is 11.3 Å². The Balaban J connectivity index is 2.06. The van der Waals surface area contributed by atoms with Crippen molar-refractivity contribution in [2.24, 2.45) is 0 Å². The Morgan fingerprint density at radius 1 is 1.39 bits per heavy atom. The van der Waals surface area contributed by atoms with E-state index in [2.05, 4.69) is 5.32 Å². The summed E-state index contributed by atoms with van der Waals surface area (Å²) in [5.74, 6) is 0.978. The van der Waals surface area contributed by atoms with Gasteiger partial charge in [-0.1, -0.05) is 0 Å². The summed E-state index contributed by atoms with van der Waals surface area (Å²) < 4.78 is 6.86. The molecule has 92 valence electrons. The number of nitrogens with one attached hydrogen (secondary N) is 1. The molecule has 0 amide bonds. The molecule has 2 rings (SSSR count). The van der Waals surface area contributed by atoms with Gasteiger partial charge in [-0.3, -0.25) is 4.79 Å². The molecule has 0 spiro atoms. The summed E-state index contributed by atoms with van der Waals surface area (Å²) in [5, 5.41) is 11.8. The quantitative estimate of drug-likeness (QED) is 0.890. The van der Waals surface area contributed by atoms with Crippen molar-refractivity contribution in [2.75, 3.05) is 5.32 Å². The molecule has 2 heterocycles. The first-order valence-corrected chi connectivity index (χ1v) is 5.66. The lowest BCUT2D eigenvalue weighted by Crippen LogP contribution is -2.17. The Labute approximate surface area is 104 Å². The van der Waals surface area contributed by atoms with Crippen LogP contribution in [-0.2, 0) is 13.1 Å². The topological polar surface area (TPSA) is 71.0 Å². The van der Waals surface area contributed by atoms with E-state index in [1.54, 1.807) is 29.0 Å². The molecule has 0 saturated heterocycles. The Bertz CT molecular complexity index is 634. The molecule has 0 aliphatic heterocycles. The molecule has 0 fully saturated rings. The monoisotopic (exact) mass is 243 g/mol. The van der Waals surface area contributed by atoms with E-state index >= 15 is 0 Å². The second-order valence-electron chi connectivity index (χ2n) is 3.77. The Hall–Kier alpha value is -2.48. The maximum atomic E-state index is 11.4. The van der Waals surface area contributed by atoms with Crippen LogP contribution < -0.4 is 10.9 Å². The minimum Gasteiger partial charge on any atom is -0.449 e. The van der Waals surface area contributed by atoms with E-state index in [-0.39, 0.29) is 5.56 Å². The number of nitriles is 1. The molecule has 5 heteroatoms. The summed E-state index contributed by atoms with van der Waals surface area (Å²) in [5.41, 5.74) is 0.819. The fourth-order valence-electron chi connectivity index (χ4n) is 1.61. The molecule has 0 unspecified atom stereocenters. The smallest absolute Gasteiger partial charge is 0.250 e. The predicted octanol–water partition coefficient (Wildman–Crippen LogP) is 1.94. The summed E-state index contributed by atoms with van der Waals surface area (Å²) in [4.78, 5) is 11.4. The van der Waals surface area contributed by atoms with Gasteiger partial charge in [0.1, 0.15) is 11.8 Å². The van der Waals surface area contributed by atoms with Gasteiger partial charge in [-0.15, -0.1) is 0 Å². The minimum absolute atomic E-state index is 0.0205. The molecule has 0 radical (unpaired) electrons. The van der Waals surface area contributed by atoms with Crippen LogP contribution in [0.5, 0.6) is 0 Å². The average molecular weight is 243 g/mol. The van der Waals surface area contributed by atoms with Gasteiger partial charge in [0, 0.05) is 18.8 Å². The molecule has 0 atom stereocenters. The molecule has 0 aliphatic carbocycles. The van der Waals surface area contributed by atoms with E-state index in [9.17, 15) is 4.79 Å². The Morgan fingerprint density at radius 2 is 2.22 bits per heavy atom. The highest BCUT2D eigenvalue weighted by Gasteiger charge is 2.01. The highest BCUT2D eigenvalue weighted by molar-refractivity contribution is 5.40. The molecule has 18 heavy (non-hydrogen) atoms. The van der Waals surface area contributed by atoms with Crippen molar-refractivity contribution in [1.82, 2.24) is 4.57 Å². The molecule has 1 N–H and O–H groups in total. The van der Waals surface area contributed by atoms with Crippen LogP contribution >= 0.6 is 0 Å². The molecule has 2 aromatic rings. The zero-order valence-corrected chi connectivity index (χ0v) is 10.0. The molecular formula is C13H13N3O2. The normalized spacial score (nSPS) is 10.0. The van der Waals surface area contributed by atoms with Gasteiger partial charge in [0.15, 0.2) is 0 Å². The van der Waals surface area contributed by atoms with Crippen LogP contribution in [0.4, 0.5) is 5.69 Å².